The molecule has 0 aliphatic carbocycles. The van der Waals surface area contributed by atoms with Crippen molar-refractivity contribution in [2.75, 3.05) is 39.5 Å². The Morgan fingerprint density at radius 1 is 1.47 bits per heavy atom. The number of morpholine rings is 2. The van der Waals surface area contributed by atoms with Crippen molar-refractivity contribution in [3.05, 3.63) is 22.4 Å². The van der Waals surface area contributed by atoms with Gasteiger partial charge in [0.05, 0.1) is 26.4 Å². The Balaban J connectivity index is 1.62. The normalized spacial score (nSPS) is 28.3. The average molecular weight is 282 g/mol. The van der Waals surface area contributed by atoms with E-state index in [1.54, 1.807) is 11.3 Å². The van der Waals surface area contributed by atoms with Gasteiger partial charge in [-0.3, -0.25) is 4.79 Å². The zero-order valence-corrected chi connectivity index (χ0v) is 11.5. The number of nitrogens with zero attached hydrogens (tertiary/aromatic N) is 1. The monoisotopic (exact) mass is 282 g/mol. The maximum Gasteiger partial charge on any atom is 0.242 e. The first-order valence-corrected chi connectivity index (χ1v) is 7.52. The lowest BCUT2D eigenvalue weighted by atomic mass is 10.1. The van der Waals surface area contributed by atoms with Gasteiger partial charge < -0.3 is 19.7 Å². The lowest BCUT2D eigenvalue weighted by Gasteiger charge is -2.36. The molecule has 3 rings (SSSR count). The summed E-state index contributed by atoms with van der Waals surface area (Å²) in [7, 11) is 0. The number of amides is 1. The Morgan fingerprint density at radius 3 is 3.16 bits per heavy atom. The van der Waals surface area contributed by atoms with Crippen molar-refractivity contribution in [1.82, 2.24) is 10.2 Å². The van der Waals surface area contributed by atoms with Crippen molar-refractivity contribution in [2.45, 2.75) is 12.1 Å². The van der Waals surface area contributed by atoms with E-state index in [4.69, 9.17) is 9.47 Å². The van der Waals surface area contributed by atoms with E-state index in [2.05, 4.69) is 16.8 Å². The lowest BCUT2D eigenvalue weighted by Crippen LogP contribution is -2.55. The Labute approximate surface area is 116 Å². The van der Waals surface area contributed by atoms with E-state index >= 15 is 0 Å². The lowest BCUT2D eigenvalue weighted by molar-refractivity contribution is -0.144. The molecule has 5 nitrogen and oxygen atoms in total. The highest BCUT2D eigenvalue weighted by Gasteiger charge is 2.31. The first kappa shape index (κ1) is 13.1. The summed E-state index contributed by atoms with van der Waals surface area (Å²) in [4.78, 5) is 14.3. The maximum absolute atomic E-state index is 12.4. The Kier molecular flexibility index (Phi) is 4.12. The third-order valence-corrected chi connectivity index (χ3v) is 4.21. The van der Waals surface area contributed by atoms with E-state index in [-0.39, 0.29) is 18.1 Å². The Bertz CT molecular complexity index is 418. The molecule has 0 saturated carbocycles. The summed E-state index contributed by atoms with van der Waals surface area (Å²) in [5.41, 5.74) is 1.16. The number of nitrogens with one attached hydrogen (secondary N) is 1. The molecule has 1 aromatic rings. The largest absolute Gasteiger partial charge is 0.378 e. The number of ether oxygens (including phenoxy) is 2. The van der Waals surface area contributed by atoms with Crippen LogP contribution in [0.25, 0.3) is 0 Å². The van der Waals surface area contributed by atoms with Crippen LogP contribution < -0.4 is 5.32 Å². The molecule has 19 heavy (non-hydrogen) atoms. The zero-order valence-electron chi connectivity index (χ0n) is 10.7. The number of rotatable bonds is 2. The number of carbonyl (C=O) groups excluding carboxylic acids is 1. The minimum atomic E-state index is -0.199. The molecule has 2 unspecified atom stereocenters. The van der Waals surface area contributed by atoms with Gasteiger partial charge in [0.15, 0.2) is 0 Å². The van der Waals surface area contributed by atoms with E-state index in [1.807, 2.05) is 10.3 Å². The highest BCUT2D eigenvalue weighted by molar-refractivity contribution is 7.07. The van der Waals surface area contributed by atoms with Crippen LogP contribution in [0.1, 0.15) is 11.7 Å². The van der Waals surface area contributed by atoms with Crippen molar-refractivity contribution in [3.8, 4) is 0 Å². The molecular formula is C13H18N2O3S. The first-order valence-electron chi connectivity index (χ1n) is 6.58. The molecule has 6 heteroatoms. The summed E-state index contributed by atoms with van der Waals surface area (Å²) >= 11 is 1.66. The molecule has 2 saturated heterocycles. The van der Waals surface area contributed by atoms with Gasteiger partial charge >= 0.3 is 0 Å². The fraction of sp³-hybridized carbons (Fsp3) is 0.615. The first-order chi connectivity index (χ1) is 9.34. The molecule has 2 fully saturated rings. The van der Waals surface area contributed by atoms with E-state index in [9.17, 15) is 4.79 Å². The summed E-state index contributed by atoms with van der Waals surface area (Å²) < 4.78 is 11.1. The van der Waals surface area contributed by atoms with Gasteiger partial charge in [0.25, 0.3) is 0 Å². The fourth-order valence-corrected chi connectivity index (χ4v) is 3.16. The average Bonchev–Trinajstić information content (AvgIpc) is 3.02. The van der Waals surface area contributed by atoms with E-state index < -0.39 is 0 Å². The second kappa shape index (κ2) is 6.00. The molecule has 1 amide bonds. The van der Waals surface area contributed by atoms with Crippen molar-refractivity contribution in [1.29, 1.82) is 0 Å². The maximum atomic E-state index is 12.4. The van der Waals surface area contributed by atoms with Crippen molar-refractivity contribution < 1.29 is 14.3 Å². The topological polar surface area (TPSA) is 50.8 Å². The molecule has 2 aliphatic rings. The van der Waals surface area contributed by atoms with Gasteiger partial charge in [0.1, 0.15) is 12.1 Å². The molecule has 1 aromatic heterocycles. The molecule has 2 atom stereocenters. The highest BCUT2D eigenvalue weighted by Crippen LogP contribution is 2.24. The quantitative estimate of drug-likeness (QED) is 0.865. The van der Waals surface area contributed by atoms with Crippen LogP contribution in [0.3, 0.4) is 0 Å². The van der Waals surface area contributed by atoms with Gasteiger partial charge in [-0.1, -0.05) is 0 Å². The molecule has 0 spiro atoms. The van der Waals surface area contributed by atoms with Gasteiger partial charge in [-0.15, -0.1) is 0 Å². The van der Waals surface area contributed by atoms with Crippen LogP contribution in [-0.4, -0.2) is 56.3 Å². The van der Waals surface area contributed by atoms with Crippen LogP contribution in [0.15, 0.2) is 16.8 Å². The molecule has 104 valence electrons. The van der Waals surface area contributed by atoms with Crippen LogP contribution in [0, 0.1) is 0 Å². The van der Waals surface area contributed by atoms with Gasteiger partial charge in [-0.25, -0.2) is 0 Å². The van der Waals surface area contributed by atoms with Crippen LogP contribution in [-0.2, 0) is 14.3 Å². The molecule has 0 radical (unpaired) electrons. The number of thiophene rings is 1. The molecule has 2 aliphatic heterocycles. The number of hydrogen-bond acceptors (Lipinski definition) is 5. The second-order valence-corrected chi connectivity index (χ2v) is 5.56. The predicted octanol–water partition coefficient (Wildman–Crippen LogP) is 0.636. The van der Waals surface area contributed by atoms with Crippen LogP contribution in [0.2, 0.25) is 0 Å². The highest BCUT2D eigenvalue weighted by atomic mass is 32.1. The van der Waals surface area contributed by atoms with E-state index in [1.165, 1.54) is 0 Å². The predicted molar refractivity (Wildman–Crippen MR) is 72.2 cm³/mol. The molecular weight excluding hydrogens is 264 g/mol. The summed E-state index contributed by atoms with van der Waals surface area (Å²) in [5, 5.41) is 7.33. The second-order valence-electron chi connectivity index (χ2n) is 4.78. The SMILES string of the molecule is O=C(C1COCCN1)N1CCOC(c2ccsc2)C1. The van der Waals surface area contributed by atoms with Crippen molar-refractivity contribution in [3.63, 3.8) is 0 Å². The van der Waals surface area contributed by atoms with E-state index in [0.717, 1.165) is 12.1 Å². The van der Waals surface area contributed by atoms with Gasteiger partial charge in [0, 0.05) is 13.1 Å². The summed E-state index contributed by atoms with van der Waals surface area (Å²) in [5.74, 6) is 0.128. The fourth-order valence-electron chi connectivity index (χ4n) is 2.45. The van der Waals surface area contributed by atoms with Crippen LogP contribution >= 0.6 is 11.3 Å². The van der Waals surface area contributed by atoms with Crippen molar-refractivity contribution in [2.24, 2.45) is 0 Å². The minimum absolute atomic E-state index is 0.00783. The van der Waals surface area contributed by atoms with Crippen LogP contribution in [0.4, 0.5) is 0 Å². The van der Waals surface area contributed by atoms with Gasteiger partial charge in [0.2, 0.25) is 5.91 Å². The summed E-state index contributed by atoms with van der Waals surface area (Å²) in [6, 6.07) is 1.86. The standard InChI is InChI=1S/C13H18N2O3S/c16-13(11-8-17-4-2-14-11)15-3-5-18-12(7-15)10-1-6-19-9-10/h1,6,9,11-12,14H,2-5,7-8H2. The molecule has 1 N–H and O–H groups in total. The minimum Gasteiger partial charge on any atom is -0.378 e. The van der Waals surface area contributed by atoms with E-state index in [0.29, 0.717) is 32.9 Å². The summed E-state index contributed by atoms with van der Waals surface area (Å²) in [6.07, 6.45) is 0.00783. The third kappa shape index (κ3) is 2.97. The number of carbonyl (C=O) groups is 1. The molecule has 0 bridgehead atoms. The van der Waals surface area contributed by atoms with Crippen LogP contribution in [0.5, 0.6) is 0 Å². The van der Waals surface area contributed by atoms with Gasteiger partial charge in [-0.2, -0.15) is 11.3 Å². The van der Waals surface area contributed by atoms with Crippen molar-refractivity contribution >= 4 is 17.2 Å². The molecule has 0 aromatic carbocycles. The Hall–Kier alpha value is -0.950. The Morgan fingerprint density at radius 2 is 2.42 bits per heavy atom. The van der Waals surface area contributed by atoms with Gasteiger partial charge in [-0.05, 0) is 22.4 Å². The third-order valence-electron chi connectivity index (χ3n) is 3.51. The smallest absolute Gasteiger partial charge is 0.242 e. The molecule has 3 heterocycles. The summed E-state index contributed by atoms with van der Waals surface area (Å²) in [6.45, 7) is 3.80. The zero-order chi connectivity index (χ0) is 13.1. The number of hydrogen-bond donors (Lipinski definition) is 1.